The maximum absolute atomic E-state index is 14.3. The van der Waals surface area contributed by atoms with Crippen LogP contribution in [0.3, 0.4) is 0 Å². The van der Waals surface area contributed by atoms with Gasteiger partial charge in [-0.05, 0) is 68.8 Å². The van der Waals surface area contributed by atoms with Crippen LogP contribution in [0.2, 0.25) is 5.02 Å². The number of benzene rings is 3. The first-order valence-electron chi connectivity index (χ1n) is 13.6. The number of carbonyl (C=O) groups excluding carboxylic acids is 1. The predicted octanol–water partition coefficient (Wildman–Crippen LogP) is 5.32. The number of amides is 1. The van der Waals surface area contributed by atoms with E-state index in [0.29, 0.717) is 62.4 Å². The van der Waals surface area contributed by atoms with Gasteiger partial charge in [0.25, 0.3) is 11.5 Å². The van der Waals surface area contributed by atoms with Crippen molar-refractivity contribution in [2.75, 3.05) is 26.8 Å². The Morgan fingerprint density at radius 2 is 1.83 bits per heavy atom. The summed E-state index contributed by atoms with van der Waals surface area (Å²) in [5.74, 6) is 1.07. The van der Waals surface area contributed by atoms with Gasteiger partial charge in [-0.15, -0.1) is 0 Å². The van der Waals surface area contributed by atoms with Gasteiger partial charge >= 0.3 is 0 Å². The minimum absolute atomic E-state index is 0.154. The second kappa shape index (κ2) is 11.9. The Kier molecular flexibility index (Phi) is 8.33. The summed E-state index contributed by atoms with van der Waals surface area (Å²) < 4.78 is 13.8. The van der Waals surface area contributed by atoms with Gasteiger partial charge in [-0.3, -0.25) is 14.2 Å². The molecule has 0 radical (unpaired) electrons. The number of thiazole rings is 1. The number of carbonyl (C=O) groups is 1. The molecule has 0 N–H and O–H groups in total. The molecule has 1 aliphatic rings. The second-order valence-corrected chi connectivity index (χ2v) is 11.0. The summed E-state index contributed by atoms with van der Waals surface area (Å²) >= 11 is 7.58. The third-order valence-corrected chi connectivity index (χ3v) is 8.50. The molecule has 0 aliphatic carbocycles. The maximum Gasteiger partial charge on any atom is 0.271 e. The minimum Gasteiger partial charge on any atom is -0.496 e. The van der Waals surface area contributed by atoms with Gasteiger partial charge in [0.15, 0.2) is 4.80 Å². The number of hydrogen-bond acceptors (Lipinski definition) is 6. The molecule has 212 valence electrons. The van der Waals surface area contributed by atoms with Gasteiger partial charge in [0, 0.05) is 29.2 Å². The molecule has 0 unspecified atom stereocenters. The SMILES string of the molecule is CCOc1ccc(Cl)cc1/C=c1/sc2n(c1=O)[C@H](c1c(OC)ccc3ccccc13)C(C(=O)N(CC)CC)=C(C)N=2. The summed E-state index contributed by atoms with van der Waals surface area (Å²) in [4.78, 5) is 35.4. The number of methoxy groups -OCH3 is 1. The Morgan fingerprint density at radius 3 is 2.54 bits per heavy atom. The van der Waals surface area contributed by atoms with Gasteiger partial charge < -0.3 is 14.4 Å². The number of likely N-dealkylation sites (N-methyl/N-ethyl adjacent to an activating group) is 1. The smallest absolute Gasteiger partial charge is 0.271 e. The molecular formula is C32H32ClN3O4S. The number of ether oxygens (including phenoxy) is 2. The molecule has 5 rings (SSSR count). The van der Waals surface area contributed by atoms with Gasteiger partial charge in [-0.1, -0.05) is 53.3 Å². The van der Waals surface area contributed by atoms with Crippen molar-refractivity contribution in [2.45, 2.75) is 33.7 Å². The lowest BCUT2D eigenvalue weighted by Crippen LogP contribution is -2.43. The van der Waals surface area contributed by atoms with Crippen molar-refractivity contribution in [2.24, 2.45) is 4.99 Å². The number of nitrogens with zero attached hydrogens (tertiary/aromatic N) is 3. The number of hydrogen-bond donors (Lipinski definition) is 0. The molecule has 7 nitrogen and oxygen atoms in total. The molecule has 0 bridgehead atoms. The molecule has 2 heterocycles. The van der Waals surface area contributed by atoms with Crippen LogP contribution in [0.5, 0.6) is 11.5 Å². The Morgan fingerprint density at radius 1 is 1.10 bits per heavy atom. The third-order valence-electron chi connectivity index (χ3n) is 7.29. The van der Waals surface area contributed by atoms with E-state index in [1.165, 1.54) is 11.3 Å². The fraction of sp³-hybridized carbons (Fsp3) is 0.281. The topological polar surface area (TPSA) is 73.1 Å². The number of aromatic nitrogens is 1. The molecule has 4 aromatic rings. The molecule has 9 heteroatoms. The maximum atomic E-state index is 14.3. The Bertz CT molecular complexity index is 1850. The first kappa shape index (κ1) is 28.6. The summed E-state index contributed by atoms with van der Waals surface area (Å²) in [7, 11) is 1.61. The normalized spacial score (nSPS) is 15.1. The highest BCUT2D eigenvalue weighted by Crippen LogP contribution is 2.40. The highest BCUT2D eigenvalue weighted by Gasteiger charge is 2.36. The van der Waals surface area contributed by atoms with Crippen LogP contribution < -0.4 is 24.4 Å². The van der Waals surface area contributed by atoms with Crippen LogP contribution in [0.25, 0.3) is 16.8 Å². The van der Waals surface area contributed by atoms with Gasteiger partial charge in [-0.2, -0.15) is 0 Å². The quantitative estimate of drug-likeness (QED) is 0.279. The van der Waals surface area contributed by atoms with Crippen LogP contribution in [0.4, 0.5) is 0 Å². The zero-order chi connectivity index (χ0) is 29.3. The van der Waals surface area contributed by atoms with E-state index in [4.69, 9.17) is 26.1 Å². The summed E-state index contributed by atoms with van der Waals surface area (Å²) in [6.07, 6.45) is 1.78. The largest absolute Gasteiger partial charge is 0.496 e. The predicted molar refractivity (Wildman–Crippen MR) is 165 cm³/mol. The van der Waals surface area contributed by atoms with E-state index in [2.05, 4.69) is 0 Å². The molecule has 1 aromatic heterocycles. The molecule has 1 aliphatic heterocycles. The summed E-state index contributed by atoms with van der Waals surface area (Å²) in [5, 5.41) is 2.42. The fourth-order valence-electron chi connectivity index (χ4n) is 5.35. The van der Waals surface area contributed by atoms with E-state index >= 15 is 0 Å². The molecule has 1 amide bonds. The van der Waals surface area contributed by atoms with Crippen molar-refractivity contribution in [1.29, 1.82) is 0 Å². The standard InChI is InChI=1S/C32H32ClN3O4S/c1-6-35(7-2)31(38)27-19(4)34-32-36(29(27)28-23-12-10-9-11-20(23)13-15-25(28)39-5)30(37)26(41-32)18-21-17-22(33)14-16-24(21)40-8-3/h9-18,29H,6-8H2,1-5H3/b26-18+/t29-/m0/s1. The molecular weight excluding hydrogens is 558 g/mol. The lowest BCUT2D eigenvalue weighted by Gasteiger charge is -2.30. The van der Waals surface area contributed by atoms with Gasteiger partial charge in [-0.25, -0.2) is 4.99 Å². The first-order valence-corrected chi connectivity index (χ1v) is 14.8. The third kappa shape index (κ3) is 5.18. The lowest BCUT2D eigenvalue weighted by molar-refractivity contribution is -0.127. The molecule has 0 fully saturated rings. The lowest BCUT2D eigenvalue weighted by atomic mass is 9.90. The Hall–Kier alpha value is -3.88. The van der Waals surface area contributed by atoms with E-state index in [1.54, 1.807) is 40.9 Å². The molecule has 0 spiro atoms. The monoisotopic (exact) mass is 589 g/mol. The van der Waals surface area contributed by atoms with Crippen LogP contribution in [0.15, 0.2) is 75.7 Å². The molecule has 0 saturated carbocycles. The van der Waals surface area contributed by atoms with Crippen LogP contribution in [-0.2, 0) is 4.79 Å². The van der Waals surface area contributed by atoms with Gasteiger partial charge in [0.1, 0.15) is 17.5 Å². The van der Waals surface area contributed by atoms with Crippen molar-refractivity contribution in [3.63, 3.8) is 0 Å². The van der Waals surface area contributed by atoms with Crippen molar-refractivity contribution in [3.05, 3.63) is 102 Å². The van der Waals surface area contributed by atoms with Crippen molar-refractivity contribution in [1.82, 2.24) is 9.47 Å². The number of allylic oxidation sites excluding steroid dienone is 1. The second-order valence-electron chi connectivity index (χ2n) is 9.58. The zero-order valence-corrected chi connectivity index (χ0v) is 25.3. The molecule has 41 heavy (non-hydrogen) atoms. The van der Waals surface area contributed by atoms with Crippen LogP contribution >= 0.6 is 22.9 Å². The van der Waals surface area contributed by atoms with Crippen molar-refractivity contribution >= 4 is 45.7 Å². The van der Waals surface area contributed by atoms with E-state index in [0.717, 1.165) is 16.3 Å². The fourth-order valence-corrected chi connectivity index (χ4v) is 6.56. The minimum atomic E-state index is -0.742. The van der Waals surface area contributed by atoms with Crippen LogP contribution in [-0.4, -0.2) is 42.2 Å². The van der Waals surface area contributed by atoms with Crippen LogP contribution in [0.1, 0.15) is 44.9 Å². The average molecular weight is 590 g/mol. The first-order chi connectivity index (χ1) is 19.8. The number of fused-ring (bicyclic) bond motifs is 2. The Balaban J connectivity index is 1.85. The van der Waals surface area contributed by atoms with E-state index in [-0.39, 0.29) is 11.5 Å². The summed E-state index contributed by atoms with van der Waals surface area (Å²) in [6.45, 7) is 9.17. The van der Waals surface area contributed by atoms with Gasteiger partial charge in [0.05, 0.1) is 29.5 Å². The average Bonchev–Trinajstić information content (AvgIpc) is 3.27. The molecule has 0 saturated heterocycles. The number of halogens is 1. The van der Waals surface area contributed by atoms with E-state index in [9.17, 15) is 9.59 Å². The highest BCUT2D eigenvalue weighted by atomic mass is 35.5. The van der Waals surface area contributed by atoms with Crippen molar-refractivity contribution < 1.29 is 14.3 Å². The molecule has 1 atom stereocenters. The van der Waals surface area contributed by atoms with Crippen LogP contribution in [0, 0.1) is 0 Å². The van der Waals surface area contributed by atoms with E-state index < -0.39 is 6.04 Å². The zero-order valence-electron chi connectivity index (χ0n) is 23.7. The van der Waals surface area contributed by atoms with Crippen molar-refractivity contribution in [3.8, 4) is 11.5 Å². The molecule has 3 aromatic carbocycles. The van der Waals surface area contributed by atoms with E-state index in [1.807, 2.05) is 64.1 Å². The summed E-state index contributed by atoms with van der Waals surface area (Å²) in [5.41, 5.74) is 2.22. The number of rotatable bonds is 8. The van der Waals surface area contributed by atoms with Gasteiger partial charge in [0.2, 0.25) is 0 Å². The Labute approximate surface area is 247 Å². The highest BCUT2D eigenvalue weighted by molar-refractivity contribution is 7.07. The summed E-state index contributed by atoms with van der Waals surface area (Å²) in [6, 6.07) is 16.4.